The molecule has 0 bridgehead atoms. The molecular weight excluding hydrogens is 218 g/mol. The lowest BCUT2D eigenvalue weighted by molar-refractivity contribution is -0.124. The maximum atomic E-state index is 12.8. The average Bonchev–Trinajstić information content (AvgIpc) is 2.43. The van der Waals surface area contributed by atoms with Crippen LogP contribution in [0.3, 0.4) is 0 Å². The van der Waals surface area contributed by atoms with E-state index in [1.165, 1.54) is 0 Å². The molecule has 1 heterocycles. The number of carbonyl (C=O) groups is 2. The topological polar surface area (TPSA) is 58.2 Å². The molecule has 6 heteroatoms. The van der Waals surface area contributed by atoms with Crippen LogP contribution in [-0.4, -0.2) is 17.9 Å². The van der Waals surface area contributed by atoms with Crippen molar-refractivity contribution in [2.45, 2.75) is 12.5 Å². The van der Waals surface area contributed by atoms with Crippen molar-refractivity contribution in [1.29, 1.82) is 0 Å². The second-order valence-electron chi connectivity index (χ2n) is 3.47. The molecule has 1 aromatic carbocycles. The van der Waals surface area contributed by atoms with Crippen molar-refractivity contribution in [2.75, 3.05) is 5.32 Å². The number of amides is 2. The van der Waals surface area contributed by atoms with E-state index in [1.54, 1.807) is 0 Å². The Morgan fingerprint density at radius 1 is 1.19 bits per heavy atom. The van der Waals surface area contributed by atoms with E-state index in [0.717, 1.165) is 18.2 Å². The molecule has 2 amide bonds. The standard InChI is InChI=1S/C10H8F2N2O2/c11-5-1-6(12)3-7(2-5)13-8-4-9(15)14-10(8)16/h1-3,8,13H,4H2,(H,14,15,16). The maximum Gasteiger partial charge on any atom is 0.249 e. The lowest BCUT2D eigenvalue weighted by Gasteiger charge is -2.10. The molecule has 16 heavy (non-hydrogen) atoms. The van der Waals surface area contributed by atoms with Crippen molar-refractivity contribution >= 4 is 17.5 Å². The van der Waals surface area contributed by atoms with Gasteiger partial charge in [-0.2, -0.15) is 0 Å². The Morgan fingerprint density at radius 3 is 2.31 bits per heavy atom. The van der Waals surface area contributed by atoms with Gasteiger partial charge in [0, 0.05) is 11.8 Å². The van der Waals surface area contributed by atoms with Gasteiger partial charge in [-0.05, 0) is 12.1 Å². The normalized spacial score (nSPS) is 19.8. The Hall–Kier alpha value is -1.98. The van der Waals surface area contributed by atoms with Gasteiger partial charge in [-0.1, -0.05) is 0 Å². The van der Waals surface area contributed by atoms with Gasteiger partial charge in [-0.15, -0.1) is 0 Å². The fraction of sp³-hybridized carbons (Fsp3) is 0.200. The molecular formula is C10H8F2N2O2. The zero-order chi connectivity index (χ0) is 11.7. The Balaban J connectivity index is 2.15. The molecule has 1 unspecified atom stereocenters. The van der Waals surface area contributed by atoms with Crippen LogP contribution in [0.15, 0.2) is 18.2 Å². The van der Waals surface area contributed by atoms with Gasteiger partial charge in [-0.25, -0.2) is 8.78 Å². The third-order valence-corrected chi connectivity index (χ3v) is 2.17. The molecule has 1 fully saturated rings. The first kappa shape index (κ1) is 10.5. The molecule has 0 aromatic heterocycles. The van der Waals surface area contributed by atoms with Gasteiger partial charge < -0.3 is 5.32 Å². The fourth-order valence-corrected chi connectivity index (χ4v) is 1.51. The van der Waals surface area contributed by atoms with Gasteiger partial charge in [0.05, 0.1) is 6.42 Å². The molecule has 84 valence electrons. The third-order valence-electron chi connectivity index (χ3n) is 2.17. The Labute approximate surface area is 89.6 Å². The minimum Gasteiger partial charge on any atom is -0.373 e. The number of imide groups is 1. The summed E-state index contributed by atoms with van der Waals surface area (Å²) in [6.45, 7) is 0. The highest BCUT2D eigenvalue weighted by molar-refractivity contribution is 6.06. The number of benzene rings is 1. The van der Waals surface area contributed by atoms with E-state index >= 15 is 0 Å². The molecule has 2 rings (SSSR count). The van der Waals surface area contributed by atoms with Gasteiger partial charge >= 0.3 is 0 Å². The molecule has 1 aliphatic rings. The number of hydrogen-bond acceptors (Lipinski definition) is 3. The van der Waals surface area contributed by atoms with Crippen LogP contribution in [0.4, 0.5) is 14.5 Å². The van der Waals surface area contributed by atoms with E-state index in [4.69, 9.17) is 0 Å². The van der Waals surface area contributed by atoms with Gasteiger partial charge in [0.25, 0.3) is 0 Å². The van der Waals surface area contributed by atoms with Crippen LogP contribution in [0.25, 0.3) is 0 Å². The van der Waals surface area contributed by atoms with Crippen LogP contribution >= 0.6 is 0 Å². The Morgan fingerprint density at radius 2 is 1.81 bits per heavy atom. The number of anilines is 1. The summed E-state index contributed by atoms with van der Waals surface area (Å²) in [7, 11) is 0. The van der Waals surface area contributed by atoms with Crippen molar-refractivity contribution < 1.29 is 18.4 Å². The SMILES string of the molecule is O=C1CC(Nc2cc(F)cc(F)c2)C(=O)N1. The average molecular weight is 226 g/mol. The minimum atomic E-state index is -0.770. The van der Waals surface area contributed by atoms with E-state index in [-0.39, 0.29) is 12.1 Å². The highest BCUT2D eigenvalue weighted by atomic mass is 19.1. The van der Waals surface area contributed by atoms with E-state index in [2.05, 4.69) is 10.6 Å². The lowest BCUT2D eigenvalue weighted by Crippen LogP contribution is -2.30. The molecule has 0 aliphatic carbocycles. The summed E-state index contributed by atoms with van der Waals surface area (Å²) < 4.78 is 25.7. The second-order valence-corrected chi connectivity index (χ2v) is 3.47. The summed E-state index contributed by atoms with van der Waals surface area (Å²) in [6, 6.07) is 2.07. The molecule has 4 nitrogen and oxygen atoms in total. The fourth-order valence-electron chi connectivity index (χ4n) is 1.51. The number of carbonyl (C=O) groups excluding carboxylic acids is 2. The summed E-state index contributed by atoms with van der Waals surface area (Å²) >= 11 is 0. The molecule has 1 saturated heterocycles. The molecule has 0 spiro atoms. The quantitative estimate of drug-likeness (QED) is 0.733. The van der Waals surface area contributed by atoms with E-state index in [1.807, 2.05) is 0 Å². The first-order valence-electron chi connectivity index (χ1n) is 4.61. The van der Waals surface area contributed by atoms with Crippen LogP contribution in [0.1, 0.15) is 6.42 Å². The van der Waals surface area contributed by atoms with Crippen molar-refractivity contribution in [2.24, 2.45) is 0 Å². The van der Waals surface area contributed by atoms with Crippen molar-refractivity contribution in [3.05, 3.63) is 29.8 Å². The summed E-state index contributed by atoms with van der Waals surface area (Å²) in [5, 5.41) is 4.68. The minimum absolute atomic E-state index is 0.0308. The Kier molecular flexibility index (Phi) is 2.55. The van der Waals surface area contributed by atoms with Crippen molar-refractivity contribution in [3.8, 4) is 0 Å². The van der Waals surface area contributed by atoms with E-state index < -0.39 is 29.5 Å². The van der Waals surface area contributed by atoms with Gasteiger partial charge in [0.1, 0.15) is 17.7 Å². The lowest BCUT2D eigenvalue weighted by atomic mass is 10.2. The van der Waals surface area contributed by atoms with Crippen LogP contribution < -0.4 is 10.6 Å². The smallest absolute Gasteiger partial charge is 0.249 e. The zero-order valence-electron chi connectivity index (χ0n) is 8.09. The number of nitrogens with one attached hydrogen (secondary N) is 2. The number of halogens is 2. The van der Waals surface area contributed by atoms with Crippen LogP contribution in [0.5, 0.6) is 0 Å². The highest BCUT2D eigenvalue weighted by Gasteiger charge is 2.30. The van der Waals surface area contributed by atoms with Gasteiger partial charge in [0.2, 0.25) is 11.8 Å². The van der Waals surface area contributed by atoms with Crippen molar-refractivity contribution in [3.63, 3.8) is 0 Å². The second kappa shape index (κ2) is 3.88. The van der Waals surface area contributed by atoms with Crippen molar-refractivity contribution in [1.82, 2.24) is 5.32 Å². The largest absolute Gasteiger partial charge is 0.373 e. The first-order chi connectivity index (χ1) is 7.54. The summed E-state index contributed by atoms with van der Waals surface area (Å²) in [6.07, 6.45) is -0.0308. The predicted octanol–water partition coefficient (Wildman–Crippen LogP) is 0.792. The summed E-state index contributed by atoms with van der Waals surface area (Å²) in [5.41, 5.74) is 0.132. The van der Waals surface area contributed by atoms with Crippen LogP contribution in [-0.2, 0) is 9.59 Å². The van der Waals surface area contributed by atoms with Gasteiger partial charge in [-0.3, -0.25) is 14.9 Å². The van der Waals surface area contributed by atoms with E-state index in [0.29, 0.717) is 0 Å². The molecule has 0 saturated carbocycles. The monoisotopic (exact) mass is 226 g/mol. The Bertz CT molecular complexity index is 442. The third kappa shape index (κ3) is 2.16. The van der Waals surface area contributed by atoms with Crippen LogP contribution in [0.2, 0.25) is 0 Å². The first-order valence-corrected chi connectivity index (χ1v) is 4.61. The molecule has 0 radical (unpaired) electrons. The highest BCUT2D eigenvalue weighted by Crippen LogP contribution is 2.16. The van der Waals surface area contributed by atoms with Crippen LogP contribution in [0, 0.1) is 11.6 Å². The predicted molar refractivity (Wildman–Crippen MR) is 51.5 cm³/mol. The number of rotatable bonds is 2. The zero-order valence-corrected chi connectivity index (χ0v) is 8.09. The molecule has 1 atom stereocenters. The summed E-state index contributed by atoms with van der Waals surface area (Å²) in [4.78, 5) is 22.0. The number of hydrogen-bond donors (Lipinski definition) is 2. The molecule has 2 N–H and O–H groups in total. The molecule has 1 aromatic rings. The maximum absolute atomic E-state index is 12.8. The van der Waals surface area contributed by atoms with Gasteiger partial charge in [0.15, 0.2) is 0 Å². The summed E-state index contributed by atoms with van der Waals surface area (Å²) in [5.74, 6) is -2.38. The molecule has 1 aliphatic heterocycles. The van der Waals surface area contributed by atoms with E-state index in [9.17, 15) is 18.4 Å².